The molecular formula is C13H10F3N3O2. The van der Waals surface area contributed by atoms with Crippen LogP contribution in [-0.2, 0) is 10.9 Å². The molecule has 0 unspecified atom stereocenters. The molecule has 0 aliphatic carbocycles. The van der Waals surface area contributed by atoms with Crippen molar-refractivity contribution in [1.29, 1.82) is 0 Å². The van der Waals surface area contributed by atoms with E-state index in [1.165, 1.54) is 12.1 Å². The van der Waals surface area contributed by atoms with Crippen molar-refractivity contribution in [2.24, 2.45) is 0 Å². The minimum absolute atomic E-state index is 0.00542. The number of nitrogens with zero attached hydrogens (tertiary/aromatic N) is 3. The summed E-state index contributed by atoms with van der Waals surface area (Å²) in [6.07, 6.45) is -3.34. The molecule has 0 N–H and O–H groups in total. The minimum Gasteiger partial charge on any atom is -0.461 e. The molecule has 1 heterocycles. The van der Waals surface area contributed by atoms with Crippen molar-refractivity contribution < 1.29 is 22.7 Å². The fraction of sp³-hybridized carbons (Fsp3) is 0.231. The Morgan fingerprint density at radius 2 is 2.05 bits per heavy atom. The summed E-state index contributed by atoms with van der Waals surface area (Å²) >= 11 is 0. The Labute approximate surface area is 117 Å². The number of hydrogen-bond donors (Lipinski definition) is 0. The predicted molar refractivity (Wildman–Crippen MR) is 66.2 cm³/mol. The van der Waals surface area contributed by atoms with Gasteiger partial charge in [0, 0.05) is 5.56 Å². The van der Waals surface area contributed by atoms with Crippen LogP contribution in [0.5, 0.6) is 0 Å². The molecule has 0 amide bonds. The molecule has 1 aromatic heterocycles. The Hall–Kier alpha value is -2.51. The maximum absolute atomic E-state index is 12.6. The summed E-state index contributed by atoms with van der Waals surface area (Å²) in [6.45, 7) is 1.81. The summed E-state index contributed by atoms with van der Waals surface area (Å²) in [5.41, 5.74) is -0.752. The number of alkyl halides is 3. The highest BCUT2D eigenvalue weighted by atomic mass is 19.4. The molecule has 0 saturated heterocycles. The van der Waals surface area contributed by atoms with Gasteiger partial charge in [-0.05, 0) is 19.1 Å². The van der Waals surface area contributed by atoms with Crippen LogP contribution in [0.25, 0.3) is 11.4 Å². The number of benzene rings is 1. The van der Waals surface area contributed by atoms with Gasteiger partial charge in [-0.25, -0.2) is 9.78 Å². The molecule has 0 aliphatic heterocycles. The van der Waals surface area contributed by atoms with Crippen LogP contribution >= 0.6 is 0 Å². The molecule has 5 nitrogen and oxygen atoms in total. The molecule has 8 heteroatoms. The summed E-state index contributed by atoms with van der Waals surface area (Å²) in [5.74, 6) is -0.692. The third-order valence-corrected chi connectivity index (χ3v) is 2.49. The second kappa shape index (κ2) is 5.86. The lowest BCUT2D eigenvalue weighted by Crippen LogP contribution is -2.09. The molecular weight excluding hydrogens is 287 g/mol. The van der Waals surface area contributed by atoms with Crippen LogP contribution in [0.3, 0.4) is 0 Å². The SMILES string of the molecule is CCOC(=O)c1cnc(-c2cccc(C(F)(F)F)c2)nn1. The third-order valence-electron chi connectivity index (χ3n) is 2.49. The zero-order valence-electron chi connectivity index (χ0n) is 10.9. The van der Waals surface area contributed by atoms with Crippen LogP contribution in [0.1, 0.15) is 23.0 Å². The Kier molecular flexibility index (Phi) is 4.15. The van der Waals surface area contributed by atoms with Crippen molar-refractivity contribution in [3.8, 4) is 11.4 Å². The van der Waals surface area contributed by atoms with Gasteiger partial charge in [0.2, 0.25) is 0 Å². The highest BCUT2D eigenvalue weighted by Crippen LogP contribution is 2.31. The van der Waals surface area contributed by atoms with E-state index in [0.29, 0.717) is 0 Å². The maximum atomic E-state index is 12.6. The number of carbonyl (C=O) groups is 1. The van der Waals surface area contributed by atoms with E-state index in [2.05, 4.69) is 15.2 Å². The number of rotatable bonds is 3. The van der Waals surface area contributed by atoms with Gasteiger partial charge in [-0.3, -0.25) is 0 Å². The Balaban J connectivity index is 2.29. The number of aromatic nitrogens is 3. The highest BCUT2D eigenvalue weighted by molar-refractivity contribution is 5.86. The minimum atomic E-state index is -4.45. The monoisotopic (exact) mass is 297 g/mol. The summed E-state index contributed by atoms with van der Waals surface area (Å²) in [7, 11) is 0. The van der Waals surface area contributed by atoms with E-state index in [9.17, 15) is 18.0 Å². The van der Waals surface area contributed by atoms with Crippen LogP contribution in [0.2, 0.25) is 0 Å². The van der Waals surface area contributed by atoms with Crippen molar-refractivity contribution in [2.45, 2.75) is 13.1 Å². The third kappa shape index (κ3) is 3.53. The Morgan fingerprint density at radius 3 is 2.62 bits per heavy atom. The zero-order valence-corrected chi connectivity index (χ0v) is 10.9. The maximum Gasteiger partial charge on any atom is 0.416 e. The second-order valence-electron chi connectivity index (χ2n) is 3.97. The van der Waals surface area contributed by atoms with Crippen molar-refractivity contribution in [3.63, 3.8) is 0 Å². The van der Waals surface area contributed by atoms with Crippen LogP contribution in [0.15, 0.2) is 30.5 Å². The molecule has 2 rings (SSSR count). The number of halogens is 3. The zero-order chi connectivity index (χ0) is 15.5. The van der Waals surface area contributed by atoms with Crippen molar-refractivity contribution in [3.05, 3.63) is 41.7 Å². The van der Waals surface area contributed by atoms with Crippen LogP contribution in [-0.4, -0.2) is 27.8 Å². The van der Waals surface area contributed by atoms with E-state index >= 15 is 0 Å². The first-order chi connectivity index (χ1) is 9.91. The smallest absolute Gasteiger partial charge is 0.416 e. The van der Waals surface area contributed by atoms with Gasteiger partial charge in [0.15, 0.2) is 11.5 Å². The molecule has 0 atom stereocenters. The molecule has 110 valence electrons. The van der Waals surface area contributed by atoms with Crippen LogP contribution in [0, 0.1) is 0 Å². The molecule has 21 heavy (non-hydrogen) atoms. The predicted octanol–water partition coefficient (Wildman–Crippen LogP) is 2.73. The van der Waals surface area contributed by atoms with Gasteiger partial charge in [0.25, 0.3) is 0 Å². The Morgan fingerprint density at radius 1 is 1.29 bits per heavy atom. The molecule has 0 saturated carbocycles. The van der Waals surface area contributed by atoms with Crippen molar-refractivity contribution in [2.75, 3.05) is 6.61 Å². The summed E-state index contributed by atoms with van der Waals surface area (Å²) < 4.78 is 42.6. The summed E-state index contributed by atoms with van der Waals surface area (Å²) in [6, 6.07) is 4.54. The first kappa shape index (κ1) is 14.9. The lowest BCUT2D eigenvalue weighted by atomic mass is 10.1. The first-order valence-corrected chi connectivity index (χ1v) is 5.96. The molecule has 0 spiro atoms. The van der Waals surface area contributed by atoms with Gasteiger partial charge < -0.3 is 4.74 Å². The molecule has 0 fully saturated rings. The molecule has 0 aliphatic rings. The normalized spacial score (nSPS) is 11.2. The average molecular weight is 297 g/mol. The number of hydrogen-bond acceptors (Lipinski definition) is 5. The van der Waals surface area contributed by atoms with Crippen molar-refractivity contribution in [1.82, 2.24) is 15.2 Å². The van der Waals surface area contributed by atoms with Crippen molar-refractivity contribution >= 4 is 5.97 Å². The first-order valence-electron chi connectivity index (χ1n) is 5.96. The van der Waals surface area contributed by atoms with Gasteiger partial charge in [0.1, 0.15) is 0 Å². The lowest BCUT2D eigenvalue weighted by Gasteiger charge is -2.07. The van der Waals surface area contributed by atoms with E-state index in [0.717, 1.165) is 18.3 Å². The topological polar surface area (TPSA) is 65.0 Å². The average Bonchev–Trinajstić information content (AvgIpc) is 2.47. The molecule has 1 aromatic carbocycles. The van der Waals surface area contributed by atoms with Crippen LogP contribution in [0.4, 0.5) is 13.2 Å². The number of carbonyl (C=O) groups excluding carboxylic acids is 1. The van der Waals surface area contributed by atoms with E-state index in [4.69, 9.17) is 4.74 Å². The van der Waals surface area contributed by atoms with E-state index in [1.54, 1.807) is 6.92 Å². The largest absolute Gasteiger partial charge is 0.461 e. The molecule has 0 radical (unpaired) electrons. The van der Waals surface area contributed by atoms with Gasteiger partial charge in [-0.1, -0.05) is 12.1 Å². The van der Waals surface area contributed by atoms with Gasteiger partial charge >= 0.3 is 12.1 Å². The van der Waals surface area contributed by atoms with Crippen LogP contribution < -0.4 is 0 Å². The molecule has 2 aromatic rings. The number of esters is 1. The summed E-state index contributed by atoms with van der Waals surface area (Å²) in [4.78, 5) is 15.2. The van der Waals surface area contributed by atoms with E-state index < -0.39 is 17.7 Å². The number of ether oxygens (including phenoxy) is 1. The lowest BCUT2D eigenvalue weighted by molar-refractivity contribution is -0.137. The second-order valence-corrected chi connectivity index (χ2v) is 3.97. The molecule has 0 bridgehead atoms. The highest BCUT2D eigenvalue weighted by Gasteiger charge is 2.30. The fourth-order valence-electron chi connectivity index (χ4n) is 1.54. The van der Waals surface area contributed by atoms with Gasteiger partial charge in [-0.15, -0.1) is 10.2 Å². The summed E-state index contributed by atoms with van der Waals surface area (Å²) in [5, 5.41) is 7.24. The van der Waals surface area contributed by atoms with Gasteiger partial charge in [0.05, 0.1) is 18.4 Å². The van der Waals surface area contributed by atoms with E-state index in [-0.39, 0.29) is 23.7 Å². The standard InChI is InChI=1S/C13H10F3N3O2/c1-2-21-12(20)10-7-17-11(19-18-10)8-4-3-5-9(6-8)13(14,15)16/h3-7H,2H2,1H3. The Bertz CT molecular complexity index is 642. The quantitative estimate of drug-likeness (QED) is 0.815. The van der Waals surface area contributed by atoms with Gasteiger partial charge in [-0.2, -0.15) is 13.2 Å². The fourth-order valence-corrected chi connectivity index (χ4v) is 1.54. The van der Waals surface area contributed by atoms with E-state index in [1.807, 2.05) is 0 Å².